The second-order valence-corrected chi connectivity index (χ2v) is 4.51. The van der Waals surface area contributed by atoms with Crippen LogP contribution in [0.3, 0.4) is 0 Å². The number of rotatable bonds is 4. The lowest BCUT2D eigenvalue weighted by molar-refractivity contribution is 0.0786. The largest absolute Gasteiger partial charge is 0.387 e. The van der Waals surface area contributed by atoms with Gasteiger partial charge < -0.3 is 10.2 Å². The van der Waals surface area contributed by atoms with Gasteiger partial charge in [-0.15, -0.1) is 0 Å². The van der Waals surface area contributed by atoms with E-state index in [0.717, 1.165) is 11.3 Å². The van der Waals surface area contributed by atoms with Crippen LogP contribution >= 0.6 is 0 Å². The van der Waals surface area contributed by atoms with Crippen molar-refractivity contribution < 1.29 is 4.79 Å². The molecule has 0 bridgehead atoms. The van der Waals surface area contributed by atoms with Crippen LogP contribution in [0.25, 0.3) is 0 Å². The van der Waals surface area contributed by atoms with Crippen molar-refractivity contribution in [1.82, 2.24) is 4.90 Å². The van der Waals surface area contributed by atoms with Crippen LogP contribution in [0.4, 0.5) is 5.69 Å². The van der Waals surface area contributed by atoms with E-state index in [-0.39, 0.29) is 11.8 Å². The number of hydrogen-bond donors (Lipinski definition) is 1. The summed E-state index contributed by atoms with van der Waals surface area (Å²) in [5, 5.41) is 11.8. The van der Waals surface area contributed by atoms with E-state index in [1.165, 1.54) is 0 Å². The summed E-state index contributed by atoms with van der Waals surface area (Å²) < 4.78 is 0. The molecule has 0 spiro atoms. The monoisotopic (exact) mass is 245 g/mol. The van der Waals surface area contributed by atoms with Gasteiger partial charge in [0.25, 0.3) is 5.91 Å². The fraction of sp³-hybridized carbons (Fsp3) is 0.429. The summed E-state index contributed by atoms with van der Waals surface area (Å²) >= 11 is 0. The van der Waals surface area contributed by atoms with Gasteiger partial charge in [-0.3, -0.25) is 4.79 Å². The van der Waals surface area contributed by atoms with E-state index in [1.807, 2.05) is 25.1 Å². The maximum absolute atomic E-state index is 12.3. The normalized spacial score (nSPS) is 11.5. The number of carbonyl (C=O) groups excluding carboxylic acids is 1. The highest BCUT2D eigenvalue weighted by atomic mass is 16.2. The Morgan fingerprint density at radius 2 is 2.22 bits per heavy atom. The Balaban J connectivity index is 2.96. The fourth-order valence-corrected chi connectivity index (χ4v) is 1.79. The van der Waals surface area contributed by atoms with Crippen LogP contribution in [0.15, 0.2) is 18.2 Å². The molecule has 0 heterocycles. The molecule has 18 heavy (non-hydrogen) atoms. The predicted octanol–water partition coefficient (Wildman–Crippen LogP) is 2.27. The molecule has 1 unspecified atom stereocenters. The third-order valence-corrected chi connectivity index (χ3v) is 2.79. The first-order valence-electron chi connectivity index (χ1n) is 5.93. The molecule has 1 rings (SSSR count). The first-order valence-corrected chi connectivity index (χ1v) is 5.93. The molecule has 0 aromatic heterocycles. The molecule has 1 atom stereocenters. The lowest BCUT2D eigenvalue weighted by Crippen LogP contribution is -2.31. The summed E-state index contributed by atoms with van der Waals surface area (Å²) in [4.78, 5) is 13.9. The van der Waals surface area contributed by atoms with Crippen LogP contribution in [-0.2, 0) is 0 Å². The molecule has 1 amide bonds. The SMILES string of the molecule is CNc1ccc(C)cc1C(=O)N(C)CC(C)C#N. The summed E-state index contributed by atoms with van der Waals surface area (Å²) in [7, 11) is 3.51. The summed E-state index contributed by atoms with van der Waals surface area (Å²) in [6, 6.07) is 7.85. The van der Waals surface area contributed by atoms with Crippen molar-refractivity contribution >= 4 is 11.6 Å². The van der Waals surface area contributed by atoms with Crippen molar-refractivity contribution in [1.29, 1.82) is 5.26 Å². The van der Waals surface area contributed by atoms with Gasteiger partial charge in [0, 0.05) is 26.3 Å². The lowest BCUT2D eigenvalue weighted by Gasteiger charge is -2.20. The zero-order valence-electron chi connectivity index (χ0n) is 11.3. The van der Waals surface area contributed by atoms with Crippen LogP contribution < -0.4 is 5.32 Å². The van der Waals surface area contributed by atoms with Gasteiger partial charge >= 0.3 is 0 Å². The molecule has 0 saturated heterocycles. The third-order valence-electron chi connectivity index (χ3n) is 2.79. The molecular weight excluding hydrogens is 226 g/mol. The second kappa shape index (κ2) is 6.06. The van der Waals surface area contributed by atoms with E-state index in [4.69, 9.17) is 5.26 Å². The quantitative estimate of drug-likeness (QED) is 0.885. The second-order valence-electron chi connectivity index (χ2n) is 4.51. The molecule has 0 aliphatic rings. The van der Waals surface area contributed by atoms with E-state index in [9.17, 15) is 4.79 Å². The smallest absolute Gasteiger partial charge is 0.255 e. The number of aryl methyl sites for hydroxylation is 1. The minimum atomic E-state index is -0.165. The molecule has 0 radical (unpaired) electrons. The number of anilines is 1. The molecular formula is C14H19N3O. The molecule has 4 heteroatoms. The maximum atomic E-state index is 12.3. The van der Waals surface area contributed by atoms with E-state index in [1.54, 1.807) is 25.9 Å². The zero-order chi connectivity index (χ0) is 13.7. The molecule has 1 aromatic rings. The number of nitrogens with zero attached hydrogens (tertiary/aromatic N) is 2. The van der Waals surface area contributed by atoms with E-state index in [0.29, 0.717) is 12.1 Å². The number of benzene rings is 1. The van der Waals surface area contributed by atoms with Crippen molar-refractivity contribution in [3.8, 4) is 6.07 Å². The van der Waals surface area contributed by atoms with Crippen LogP contribution in [-0.4, -0.2) is 31.4 Å². The molecule has 0 fully saturated rings. The van der Waals surface area contributed by atoms with Gasteiger partial charge in [-0.05, 0) is 26.0 Å². The minimum Gasteiger partial charge on any atom is -0.387 e. The highest BCUT2D eigenvalue weighted by Gasteiger charge is 2.17. The lowest BCUT2D eigenvalue weighted by atomic mass is 10.1. The molecule has 1 N–H and O–H groups in total. The number of hydrogen-bond acceptors (Lipinski definition) is 3. The van der Waals surface area contributed by atoms with Crippen LogP contribution in [0.1, 0.15) is 22.8 Å². The number of amides is 1. The van der Waals surface area contributed by atoms with Crippen molar-refractivity contribution in [2.45, 2.75) is 13.8 Å². The standard InChI is InChI=1S/C14H19N3O/c1-10-5-6-13(16-3)12(7-10)14(18)17(4)9-11(2)8-15/h5-7,11,16H,9H2,1-4H3. The number of nitriles is 1. The maximum Gasteiger partial charge on any atom is 0.255 e. The molecule has 0 saturated carbocycles. The number of nitrogens with one attached hydrogen (secondary N) is 1. The minimum absolute atomic E-state index is 0.0647. The topological polar surface area (TPSA) is 56.1 Å². The van der Waals surface area contributed by atoms with Crippen molar-refractivity contribution in [3.05, 3.63) is 29.3 Å². The Labute approximate surface area is 108 Å². The Kier molecular flexibility index (Phi) is 4.73. The first kappa shape index (κ1) is 14.0. The molecule has 4 nitrogen and oxygen atoms in total. The van der Waals surface area contributed by atoms with Crippen LogP contribution in [0.2, 0.25) is 0 Å². The first-order chi connectivity index (χ1) is 8.49. The van der Waals surface area contributed by atoms with Crippen molar-refractivity contribution in [3.63, 3.8) is 0 Å². The highest BCUT2D eigenvalue weighted by Crippen LogP contribution is 2.18. The summed E-state index contributed by atoms with van der Waals surface area (Å²) in [6.07, 6.45) is 0. The van der Waals surface area contributed by atoms with Gasteiger partial charge in [-0.25, -0.2) is 0 Å². The van der Waals surface area contributed by atoms with Gasteiger partial charge in [-0.2, -0.15) is 5.26 Å². The molecule has 96 valence electrons. The van der Waals surface area contributed by atoms with E-state index < -0.39 is 0 Å². The number of carbonyl (C=O) groups is 1. The van der Waals surface area contributed by atoms with E-state index in [2.05, 4.69) is 11.4 Å². The summed E-state index contributed by atoms with van der Waals surface area (Å²) in [5.41, 5.74) is 2.49. The van der Waals surface area contributed by atoms with Crippen LogP contribution in [0, 0.1) is 24.2 Å². The van der Waals surface area contributed by atoms with Gasteiger partial charge in [-0.1, -0.05) is 11.6 Å². The average Bonchev–Trinajstić information content (AvgIpc) is 2.37. The molecule has 0 aliphatic heterocycles. The Hall–Kier alpha value is -2.02. The van der Waals surface area contributed by atoms with Crippen LogP contribution in [0.5, 0.6) is 0 Å². The summed E-state index contributed by atoms with van der Waals surface area (Å²) in [5.74, 6) is -0.230. The van der Waals surface area contributed by atoms with Gasteiger partial charge in [0.2, 0.25) is 0 Å². The zero-order valence-corrected chi connectivity index (χ0v) is 11.3. The Morgan fingerprint density at radius 1 is 1.56 bits per heavy atom. The summed E-state index contributed by atoms with van der Waals surface area (Å²) in [6.45, 7) is 4.19. The van der Waals surface area contributed by atoms with E-state index >= 15 is 0 Å². The molecule has 0 aliphatic carbocycles. The Bertz CT molecular complexity index is 476. The Morgan fingerprint density at radius 3 is 2.78 bits per heavy atom. The van der Waals surface area contributed by atoms with Crippen molar-refractivity contribution in [2.24, 2.45) is 5.92 Å². The van der Waals surface area contributed by atoms with Gasteiger partial charge in [0.15, 0.2) is 0 Å². The average molecular weight is 245 g/mol. The molecule has 1 aromatic carbocycles. The predicted molar refractivity (Wildman–Crippen MR) is 72.5 cm³/mol. The van der Waals surface area contributed by atoms with Crippen molar-refractivity contribution in [2.75, 3.05) is 26.0 Å². The van der Waals surface area contributed by atoms with Gasteiger partial charge in [0.05, 0.1) is 17.6 Å². The third kappa shape index (κ3) is 3.24. The van der Waals surface area contributed by atoms with Gasteiger partial charge in [0.1, 0.15) is 0 Å². The fourth-order valence-electron chi connectivity index (χ4n) is 1.79. The highest BCUT2D eigenvalue weighted by molar-refractivity contribution is 5.99.